The van der Waals surface area contributed by atoms with Crippen LogP contribution in [0.25, 0.3) is 0 Å². The molecule has 0 radical (unpaired) electrons. The Morgan fingerprint density at radius 1 is 0.800 bits per heavy atom. The van der Waals surface area contributed by atoms with E-state index in [1.807, 2.05) is 0 Å². The summed E-state index contributed by atoms with van der Waals surface area (Å²) in [5.74, 6) is -1.07. The van der Waals surface area contributed by atoms with Gasteiger partial charge in [0, 0.05) is 6.07 Å². The highest BCUT2D eigenvalue weighted by Crippen LogP contribution is 2.13. The SMILES string of the molecule is CCCCCCCCCCCCCCCCC.O=C(O)c1ccon1. The molecule has 0 fully saturated rings. The van der Waals surface area contributed by atoms with Gasteiger partial charge in [-0.3, -0.25) is 0 Å². The maximum atomic E-state index is 9.94. The molecule has 0 unspecified atom stereocenters. The van der Waals surface area contributed by atoms with E-state index in [-0.39, 0.29) is 5.69 Å². The Balaban J connectivity index is 0.000000593. The van der Waals surface area contributed by atoms with Gasteiger partial charge in [-0.1, -0.05) is 115 Å². The zero-order valence-electron chi connectivity index (χ0n) is 16.5. The van der Waals surface area contributed by atoms with E-state index < -0.39 is 5.97 Å². The Kier molecular flexibility index (Phi) is 18.0. The number of nitrogens with zero attached hydrogens (tertiary/aromatic N) is 1. The summed E-state index contributed by atoms with van der Waals surface area (Å²) in [4.78, 5) is 9.94. The summed E-state index contributed by atoms with van der Waals surface area (Å²) in [5, 5.41) is 11.3. The van der Waals surface area contributed by atoms with Gasteiger partial charge in [0.2, 0.25) is 0 Å². The monoisotopic (exact) mass is 353 g/mol. The van der Waals surface area contributed by atoms with Crippen molar-refractivity contribution in [3.63, 3.8) is 0 Å². The Labute approximate surface area is 154 Å². The van der Waals surface area contributed by atoms with E-state index in [2.05, 4.69) is 23.5 Å². The van der Waals surface area contributed by atoms with Crippen molar-refractivity contribution in [3.8, 4) is 0 Å². The average Bonchev–Trinajstić information content (AvgIpc) is 3.15. The predicted octanol–water partition coefficient (Wildman–Crippen LogP) is 7.25. The summed E-state index contributed by atoms with van der Waals surface area (Å²) < 4.78 is 4.24. The first-order chi connectivity index (χ1) is 12.2. The van der Waals surface area contributed by atoms with E-state index in [0.29, 0.717) is 0 Å². The first kappa shape index (κ1) is 23.7. The van der Waals surface area contributed by atoms with Crippen LogP contribution in [0.5, 0.6) is 0 Å². The third-order valence-electron chi connectivity index (χ3n) is 4.36. The van der Waals surface area contributed by atoms with Gasteiger partial charge in [0.15, 0.2) is 5.69 Å². The molecule has 1 rings (SSSR count). The number of carboxylic acids is 1. The number of aromatic nitrogens is 1. The summed E-state index contributed by atoms with van der Waals surface area (Å²) in [6, 6.07) is 1.28. The van der Waals surface area contributed by atoms with Crippen molar-refractivity contribution in [1.29, 1.82) is 0 Å². The minimum atomic E-state index is -1.07. The number of aromatic carboxylic acids is 1. The Morgan fingerprint density at radius 3 is 1.36 bits per heavy atom. The molecule has 0 amide bonds. The minimum Gasteiger partial charge on any atom is -0.476 e. The summed E-state index contributed by atoms with van der Waals surface area (Å²) >= 11 is 0. The van der Waals surface area contributed by atoms with Gasteiger partial charge < -0.3 is 9.63 Å². The zero-order chi connectivity index (χ0) is 18.6. The molecule has 4 nitrogen and oxygen atoms in total. The molecule has 0 saturated carbocycles. The molecule has 146 valence electrons. The molecule has 25 heavy (non-hydrogen) atoms. The number of hydrogen-bond acceptors (Lipinski definition) is 3. The van der Waals surface area contributed by atoms with Crippen LogP contribution in [0.15, 0.2) is 16.9 Å². The summed E-state index contributed by atoms with van der Waals surface area (Å²) in [6.45, 7) is 4.58. The maximum Gasteiger partial charge on any atom is 0.358 e. The number of unbranched alkanes of at least 4 members (excludes halogenated alkanes) is 14. The molecule has 4 heteroatoms. The van der Waals surface area contributed by atoms with Crippen molar-refractivity contribution in [1.82, 2.24) is 5.16 Å². The first-order valence-electron chi connectivity index (χ1n) is 10.4. The molecular formula is C21H39NO3. The molecule has 1 heterocycles. The van der Waals surface area contributed by atoms with E-state index in [4.69, 9.17) is 5.11 Å². The Bertz CT molecular complexity index is 363. The van der Waals surface area contributed by atoms with E-state index in [1.165, 1.54) is 109 Å². The van der Waals surface area contributed by atoms with Crippen LogP contribution < -0.4 is 0 Å². The molecule has 0 aliphatic carbocycles. The molecule has 0 bridgehead atoms. The molecule has 0 aromatic carbocycles. The second-order valence-corrected chi connectivity index (χ2v) is 6.79. The summed E-state index contributed by atoms with van der Waals surface area (Å²) in [6.07, 6.45) is 23.1. The topological polar surface area (TPSA) is 63.3 Å². The standard InChI is InChI=1S/C17H36.C4H3NO3/c1-3-5-7-9-11-13-15-17-16-14-12-10-8-6-4-2;6-4(7)3-1-2-8-5-3/h3-17H2,1-2H3;1-2H,(H,6,7). The van der Waals surface area contributed by atoms with Gasteiger partial charge in [-0.15, -0.1) is 0 Å². The van der Waals surface area contributed by atoms with Crippen LogP contribution in [0.3, 0.4) is 0 Å². The minimum absolute atomic E-state index is 0.0648. The van der Waals surface area contributed by atoms with Crippen molar-refractivity contribution < 1.29 is 14.4 Å². The fourth-order valence-corrected chi connectivity index (χ4v) is 2.77. The van der Waals surface area contributed by atoms with Crippen molar-refractivity contribution in [2.45, 2.75) is 110 Å². The predicted molar refractivity (Wildman–Crippen MR) is 104 cm³/mol. The third kappa shape index (κ3) is 17.3. The number of hydrogen-bond donors (Lipinski definition) is 1. The van der Waals surface area contributed by atoms with Crippen LogP contribution in [0.1, 0.15) is 121 Å². The molecule has 1 aromatic rings. The summed E-state index contributed by atoms with van der Waals surface area (Å²) in [5.41, 5.74) is -0.0648. The number of carbonyl (C=O) groups is 1. The smallest absolute Gasteiger partial charge is 0.358 e. The molecule has 0 spiro atoms. The second-order valence-electron chi connectivity index (χ2n) is 6.79. The maximum absolute atomic E-state index is 9.94. The van der Waals surface area contributed by atoms with Gasteiger partial charge in [-0.2, -0.15) is 0 Å². The molecule has 0 atom stereocenters. The van der Waals surface area contributed by atoms with Crippen molar-refractivity contribution in [2.75, 3.05) is 0 Å². The second kappa shape index (κ2) is 19.0. The van der Waals surface area contributed by atoms with Gasteiger partial charge >= 0.3 is 5.97 Å². The van der Waals surface area contributed by atoms with Crippen LogP contribution in [0, 0.1) is 0 Å². The van der Waals surface area contributed by atoms with Crippen LogP contribution in [-0.2, 0) is 0 Å². The lowest BCUT2D eigenvalue weighted by molar-refractivity contribution is 0.0685. The van der Waals surface area contributed by atoms with Crippen LogP contribution in [0.4, 0.5) is 0 Å². The van der Waals surface area contributed by atoms with Gasteiger partial charge in [-0.05, 0) is 0 Å². The molecule has 0 aliphatic heterocycles. The normalized spacial score (nSPS) is 10.3. The number of rotatable bonds is 15. The lowest BCUT2D eigenvalue weighted by atomic mass is 10.0. The Morgan fingerprint density at radius 2 is 1.16 bits per heavy atom. The fourth-order valence-electron chi connectivity index (χ4n) is 2.77. The van der Waals surface area contributed by atoms with Crippen molar-refractivity contribution >= 4 is 5.97 Å². The quantitative estimate of drug-likeness (QED) is 0.337. The van der Waals surface area contributed by atoms with Crippen LogP contribution in [-0.4, -0.2) is 16.2 Å². The zero-order valence-corrected chi connectivity index (χ0v) is 16.5. The highest BCUT2D eigenvalue weighted by atomic mass is 16.5. The number of carboxylic acid groups (broad SMARTS) is 1. The van der Waals surface area contributed by atoms with Crippen molar-refractivity contribution in [2.24, 2.45) is 0 Å². The highest BCUT2D eigenvalue weighted by Gasteiger charge is 2.02. The first-order valence-corrected chi connectivity index (χ1v) is 10.4. The molecular weight excluding hydrogens is 314 g/mol. The molecule has 1 aromatic heterocycles. The third-order valence-corrected chi connectivity index (χ3v) is 4.36. The Hall–Kier alpha value is -1.32. The van der Waals surface area contributed by atoms with Crippen LogP contribution in [0.2, 0.25) is 0 Å². The fraction of sp³-hybridized carbons (Fsp3) is 0.810. The lowest BCUT2D eigenvalue weighted by Crippen LogP contribution is -1.94. The average molecular weight is 354 g/mol. The summed E-state index contributed by atoms with van der Waals surface area (Å²) in [7, 11) is 0. The van der Waals surface area contributed by atoms with Gasteiger partial charge in [0.1, 0.15) is 6.26 Å². The van der Waals surface area contributed by atoms with E-state index in [0.717, 1.165) is 0 Å². The van der Waals surface area contributed by atoms with Crippen molar-refractivity contribution in [3.05, 3.63) is 18.0 Å². The largest absolute Gasteiger partial charge is 0.476 e. The van der Waals surface area contributed by atoms with Gasteiger partial charge in [0.05, 0.1) is 0 Å². The molecule has 0 saturated heterocycles. The van der Waals surface area contributed by atoms with Crippen LogP contribution >= 0.6 is 0 Å². The van der Waals surface area contributed by atoms with E-state index in [9.17, 15) is 4.79 Å². The van der Waals surface area contributed by atoms with Gasteiger partial charge in [-0.25, -0.2) is 4.79 Å². The lowest BCUT2D eigenvalue weighted by Gasteiger charge is -2.02. The highest BCUT2D eigenvalue weighted by molar-refractivity contribution is 5.84. The van der Waals surface area contributed by atoms with E-state index >= 15 is 0 Å². The van der Waals surface area contributed by atoms with E-state index in [1.54, 1.807) is 0 Å². The van der Waals surface area contributed by atoms with Gasteiger partial charge in [0.25, 0.3) is 0 Å². The molecule has 1 N–H and O–H groups in total. The molecule has 0 aliphatic rings.